The maximum absolute atomic E-state index is 11.6. The lowest BCUT2D eigenvalue weighted by Gasteiger charge is -2.21. The van der Waals surface area contributed by atoms with Gasteiger partial charge in [0, 0.05) is 12.0 Å². The van der Waals surface area contributed by atoms with Crippen molar-refractivity contribution < 1.29 is 9.53 Å². The Hall–Kier alpha value is -1.17. The monoisotopic (exact) mass is 315 g/mol. The summed E-state index contributed by atoms with van der Waals surface area (Å²) in [5, 5.41) is 3.10. The van der Waals surface area contributed by atoms with Crippen LogP contribution in [0.5, 0.6) is 0 Å². The number of hydrogen-bond donors (Lipinski definition) is 1. The average Bonchev–Trinajstić information content (AvgIpc) is 2.29. The third-order valence-corrected chi connectivity index (χ3v) is 3.02. The summed E-state index contributed by atoms with van der Waals surface area (Å²) in [6.07, 6.45) is 0. The number of methoxy groups -OCH3 is 1. The number of nitrogens with one attached hydrogen (secondary N) is 1. The summed E-state index contributed by atoms with van der Waals surface area (Å²) in [6.45, 7) is 8.74. The van der Waals surface area contributed by atoms with Gasteiger partial charge in [0.05, 0.1) is 17.3 Å². The van der Waals surface area contributed by atoms with E-state index in [0.29, 0.717) is 12.4 Å². The molecule has 0 aliphatic carbocycles. The van der Waals surface area contributed by atoms with E-state index in [1.54, 1.807) is 0 Å². The minimum atomic E-state index is -0.535. The first kappa shape index (κ1) is 14.9. The van der Waals surface area contributed by atoms with Crippen LogP contribution in [0.2, 0.25) is 0 Å². The molecule has 0 aliphatic rings. The third-order valence-electron chi connectivity index (χ3n) is 2.27. The molecule has 0 atom stereocenters. The first-order valence-corrected chi connectivity index (χ1v) is 6.50. The second kappa shape index (κ2) is 5.65. The SMILES string of the molecule is CCNc1nc(C(=O)OC)nc(C(C)(C)C)c1Br. The van der Waals surface area contributed by atoms with Crippen LogP contribution in [0.15, 0.2) is 4.47 Å². The lowest BCUT2D eigenvalue weighted by atomic mass is 9.92. The molecule has 1 heterocycles. The highest BCUT2D eigenvalue weighted by Gasteiger charge is 2.25. The highest BCUT2D eigenvalue weighted by Crippen LogP contribution is 2.32. The molecule has 0 amide bonds. The zero-order valence-corrected chi connectivity index (χ0v) is 12.9. The van der Waals surface area contributed by atoms with Crippen LogP contribution in [0, 0.1) is 0 Å². The Balaban J connectivity index is 3.41. The van der Waals surface area contributed by atoms with Crippen LogP contribution in [0.3, 0.4) is 0 Å². The number of hydrogen-bond acceptors (Lipinski definition) is 5. The fourth-order valence-electron chi connectivity index (χ4n) is 1.41. The minimum Gasteiger partial charge on any atom is -0.463 e. The van der Waals surface area contributed by atoms with Gasteiger partial charge in [0.25, 0.3) is 0 Å². The van der Waals surface area contributed by atoms with Gasteiger partial charge in [-0.15, -0.1) is 0 Å². The molecule has 6 heteroatoms. The molecular formula is C12H18BrN3O2. The van der Waals surface area contributed by atoms with Gasteiger partial charge in [0.1, 0.15) is 5.82 Å². The number of halogens is 1. The van der Waals surface area contributed by atoms with Crippen LogP contribution < -0.4 is 5.32 Å². The Labute approximate surface area is 115 Å². The Morgan fingerprint density at radius 3 is 2.44 bits per heavy atom. The van der Waals surface area contributed by atoms with Crippen LogP contribution >= 0.6 is 15.9 Å². The molecule has 0 fully saturated rings. The maximum Gasteiger partial charge on any atom is 0.376 e. The van der Waals surface area contributed by atoms with E-state index in [4.69, 9.17) is 0 Å². The predicted molar refractivity (Wildman–Crippen MR) is 73.9 cm³/mol. The standard InChI is InChI=1S/C12H18BrN3O2/c1-6-14-9-7(13)8(12(2,3)4)15-10(16-9)11(17)18-5/h6H2,1-5H3,(H,14,15,16). The zero-order valence-electron chi connectivity index (χ0n) is 11.3. The summed E-state index contributed by atoms with van der Waals surface area (Å²) in [6, 6.07) is 0. The number of ether oxygens (including phenoxy) is 1. The Morgan fingerprint density at radius 1 is 1.39 bits per heavy atom. The summed E-state index contributed by atoms with van der Waals surface area (Å²) in [5.74, 6) is 0.145. The largest absolute Gasteiger partial charge is 0.463 e. The second-order valence-corrected chi connectivity index (χ2v) is 5.62. The highest BCUT2D eigenvalue weighted by atomic mass is 79.9. The molecule has 1 aromatic heterocycles. The number of nitrogens with zero attached hydrogens (tertiary/aromatic N) is 2. The zero-order chi connectivity index (χ0) is 13.9. The van der Waals surface area contributed by atoms with E-state index in [1.165, 1.54) is 7.11 Å². The van der Waals surface area contributed by atoms with Gasteiger partial charge in [-0.05, 0) is 22.9 Å². The van der Waals surface area contributed by atoms with Gasteiger partial charge in [-0.2, -0.15) is 0 Å². The van der Waals surface area contributed by atoms with E-state index in [-0.39, 0.29) is 11.2 Å². The fourth-order valence-corrected chi connectivity index (χ4v) is 2.32. The van der Waals surface area contributed by atoms with E-state index < -0.39 is 5.97 Å². The van der Waals surface area contributed by atoms with Crippen molar-refractivity contribution in [2.75, 3.05) is 19.0 Å². The molecule has 18 heavy (non-hydrogen) atoms. The predicted octanol–water partition coefficient (Wildman–Crippen LogP) is 2.76. The van der Waals surface area contributed by atoms with Gasteiger partial charge in [-0.1, -0.05) is 20.8 Å². The Morgan fingerprint density at radius 2 is 2.00 bits per heavy atom. The molecule has 0 aliphatic heterocycles. The molecule has 0 unspecified atom stereocenters. The Kier molecular flexibility index (Phi) is 4.67. The van der Waals surface area contributed by atoms with Gasteiger partial charge >= 0.3 is 5.97 Å². The molecule has 1 N–H and O–H groups in total. The molecule has 0 saturated heterocycles. The number of carbonyl (C=O) groups is 1. The molecule has 100 valence electrons. The van der Waals surface area contributed by atoms with Crippen LogP contribution in [0.4, 0.5) is 5.82 Å². The topological polar surface area (TPSA) is 64.1 Å². The molecule has 5 nitrogen and oxygen atoms in total. The van der Waals surface area contributed by atoms with Crippen molar-refractivity contribution in [3.63, 3.8) is 0 Å². The van der Waals surface area contributed by atoms with E-state index in [2.05, 4.69) is 36.0 Å². The smallest absolute Gasteiger partial charge is 0.376 e. The molecule has 0 bridgehead atoms. The van der Waals surface area contributed by atoms with Crippen LogP contribution in [-0.2, 0) is 10.2 Å². The lowest BCUT2D eigenvalue weighted by molar-refractivity contribution is 0.0586. The molecular weight excluding hydrogens is 298 g/mol. The fraction of sp³-hybridized carbons (Fsp3) is 0.583. The molecule has 1 rings (SSSR count). The molecule has 0 radical (unpaired) electrons. The van der Waals surface area contributed by atoms with E-state index in [9.17, 15) is 4.79 Å². The first-order chi connectivity index (χ1) is 8.31. The van der Waals surface area contributed by atoms with Crippen molar-refractivity contribution in [1.29, 1.82) is 0 Å². The lowest BCUT2D eigenvalue weighted by Crippen LogP contribution is -2.20. The number of esters is 1. The quantitative estimate of drug-likeness (QED) is 0.869. The van der Waals surface area contributed by atoms with Crippen molar-refractivity contribution in [2.45, 2.75) is 33.1 Å². The van der Waals surface area contributed by atoms with E-state index in [0.717, 1.165) is 10.2 Å². The normalized spacial score (nSPS) is 11.2. The third kappa shape index (κ3) is 3.19. The summed E-state index contributed by atoms with van der Waals surface area (Å²) in [4.78, 5) is 20.0. The van der Waals surface area contributed by atoms with Crippen LogP contribution in [0.1, 0.15) is 44.0 Å². The summed E-state index contributed by atoms with van der Waals surface area (Å²) in [5.41, 5.74) is 0.572. The van der Waals surface area contributed by atoms with E-state index in [1.807, 2.05) is 27.7 Å². The summed E-state index contributed by atoms with van der Waals surface area (Å²) in [7, 11) is 1.32. The minimum absolute atomic E-state index is 0.0709. The number of carbonyl (C=O) groups excluding carboxylic acids is 1. The van der Waals surface area contributed by atoms with Crippen molar-refractivity contribution in [1.82, 2.24) is 9.97 Å². The number of aromatic nitrogens is 2. The van der Waals surface area contributed by atoms with Crippen LogP contribution in [-0.4, -0.2) is 29.6 Å². The van der Waals surface area contributed by atoms with Gasteiger partial charge < -0.3 is 10.1 Å². The number of rotatable bonds is 3. The van der Waals surface area contributed by atoms with Crippen molar-refractivity contribution in [2.24, 2.45) is 0 Å². The van der Waals surface area contributed by atoms with Crippen molar-refractivity contribution in [3.05, 3.63) is 16.0 Å². The second-order valence-electron chi connectivity index (χ2n) is 4.83. The van der Waals surface area contributed by atoms with Crippen LogP contribution in [0.25, 0.3) is 0 Å². The van der Waals surface area contributed by atoms with Crippen molar-refractivity contribution >= 4 is 27.7 Å². The summed E-state index contributed by atoms with van der Waals surface area (Å²) >= 11 is 3.48. The molecule has 0 saturated carbocycles. The van der Waals surface area contributed by atoms with Gasteiger partial charge in [0.2, 0.25) is 5.82 Å². The van der Waals surface area contributed by atoms with Gasteiger partial charge in [-0.25, -0.2) is 14.8 Å². The van der Waals surface area contributed by atoms with E-state index >= 15 is 0 Å². The van der Waals surface area contributed by atoms with Gasteiger partial charge in [0.15, 0.2) is 0 Å². The Bertz CT molecular complexity index is 455. The molecule has 0 spiro atoms. The first-order valence-electron chi connectivity index (χ1n) is 5.71. The maximum atomic E-state index is 11.6. The summed E-state index contributed by atoms with van der Waals surface area (Å²) < 4.78 is 5.45. The van der Waals surface area contributed by atoms with Gasteiger partial charge in [-0.3, -0.25) is 0 Å². The van der Waals surface area contributed by atoms with Crippen molar-refractivity contribution in [3.8, 4) is 0 Å². The molecule has 1 aromatic rings. The average molecular weight is 316 g/mol. The highest BCUT2D eigenvalue weighted by molar-refractivity contribution is 9.10. The number of anilines is 1. The molecule has 0 aromatic carbocycles.